The number of rotatable bonds is 3. The number of H-pyrrole nitrogens is 1. The Morgan fingerprint density at radius 3 is 2.63 bits per heavy atom. The standard InChI is InChI=1S/C10H13FN2O6/c11-4-10(8(17)7(16)5(3-14)19-10)13-2-1-6(15)12-9(13)18/h1-2,5,7-8,14,16-17H,3-4H2,(H,12,15,18)/t5-,7-,8-,10-/m1/s1. The first-order chi connectivity index (χ1) is 8.96. The Morgan fingerprint density at radius 1 is 1.47 bits per heavy atom. The number of nitrogens with zero attached hydrogens (tertiary/aromatic N) is 1. The van der Waals surface area contributed by atoms with E-state index in [1.165, 1.54) is 0 Å². The Bertz CT molecular complexity index is 572. The summed E-state index contributed by atoms with van der Waals surface area (Å²) in [5, 5.41) is 28.5. The van der Waals surface area contributed by atoms with Gasteiger partial charge in [-0.1, -0.05) is 0 Å². The molecular formula is C10H13FN2O6. The fraction of sp³-hybridized carbons (Fsp3) is 0.600. The minimum absolute atomic E-state index is 0.651. The predicted molar refractivity (Wildman–Crippen MR) is 59.2 cm³/mol. The SMILES string of the molecule is O=c1ccn([C@]2(CF)O[C@H](CO)[C@@H](O)[C@H]2O)c(=O)[nH]1. The number of hydrogen-bond acceptors (Lipinski definition) is 6. The summed E-state index contributed by atoms with van der Waals surface area (Å²) in [5.74, 6) is 0. The maximum absolute atomic E-state index is 13.3. The molecule has 0 radical (unpaired) electrons. The largest absolute Gasteiger partial charge is 0.394 e. The van der Waals surface area contributed by atoms with Gasteiger partial charge in [-0.3, -0.25) is 14.3 Å². The number of nitrogens with one attached hydrogen (secondary N) is 1. The fourth-order valence-corrected chi connectivity index (χ4v) is 2.11. The van der Waals surface area contributed by atoms with Gasteiger partial charge in [0.05, 0.1) is 6.61 Å². The lowest BCUT2D eigenvalue weighted by Gasteiger charge is -2.30. The van der Waals surface area contributed by atoms with Crippen LogP contribution < -0.4 is 11.2 Å². The molecule has 0 aromatic carbocycles. The maximum atomic E-state index is 13.3. The zero-order valence-electron chi connectivity index (χ0n) is 9.69. The molecule has 0 saturated carbocycles. The molecule has 8 nitrogen and oxygen atoms in total. The average Bonchev–Trinajstić information content (AvgIpc) is 2.64. The van der Waals surface area contributed by atoms with Gasteiger partial charge in [0.1, 0.15) is 25.0 Å². The van der Waals surface area contributed by atoms with E-state index < -0.39 is 48.6 Å². The topological polar surface area (TPSA) is 125 Å². The van der Waals surface area contributed by atoms with Gasteiger partial charge < -0.3 is 20.1 Å². The third kappa shape index (κ3) is 2.00. The first kappa shape index (κ1) is 13.9. The minimum atomic E-state index is -2.17. The molecule has 2 rings (SSSR count). The summed E-state index contributed by atoms with van der Waals surface area (Å²) in [6.45, 7) is -1.98. The van der Waals surface area contributed by atoms with Crippen LogP contribution in [0, 0.1) is 0 Å². The Labute approximate surface area is 105 Å². The summed E-state index contributed by atoms with van der Waals surface area (Å²) < 4.78 is 19.1. The number of aliphatic hydroxyl groups is 3. The molecule has 0 amide bonds. The number of aromatic nitrogens is 2. The van der Waals surface area contributed by atoms with Crippen LogP contribution in [0.15, 0.2) is 21.9 Å². The van der Waals surface area contributed by atoms with Crippen molar-refractivity contribution in [1.82, 2.24) is 9.55 Å². The van der Waals surface area contributed by atoms with Gasteiger partial charge in [-0.25, -0.2) is 9.18 Å². The van der Waals surface area contributed by atoms with Crippen molar-refractivity contribution in [2.75, 3.05) is 13.3 Å². The quantitative estimate of drug-likeness (QED) is 0.475. The zero-order valence-corrected chi connectivity index (χ0v) is 9.69. The smallest absolute Gasteiger partial charge is 0.330 e. The molecule has 0 aliphatic carbocycles. The molecule has 106 valence electrons. The van der Waals surface area contributed by atoms with E-state index in [0.29, 0.717) is 4.57 Å². The molecule has 1 fully saturated rings. The van der Waals surface area contributed by atoms with E-state index in [1.807, 2.05) is 4.98 Å². The van der Waals surface area contributed by atoms with Gasteiger partial charge in [-0.15, -0.1) is 0 Å². The van der Waals surface area contributed by atoms with E-state index in [2.05, 4.69) is 0 Å². The summed E-state index contributed by atoms with van der Waals surface area (Å²) in [6, 6.07) is 0.952. The number of aliphatic hydroxyl groups excluding tert-OH is 3. The highest BCUT2D eigenvalue weighted by Crippen LogP contribution is 2.34. The van der Waals surface area contributed by atoms with E-state index in [4.69, 9.17) is 9.84 Å². The first-order valence-corrected chi connectivity index (χ1v) is 5.49. The summed E-state index contributed by atoms with van der Waals surface area (Å²) in [6.07, 6.45) is -3.60. The molecule has 19 heavy (non-hydrogen) atoms. The molecule has 1 aliphatic heterocycles. The van der Waals surface area contributed by atoms with Crippen LogP contribution in [0.5, 0.6) is 0 Å². The van der Waals surface area contributed by atoms with Crippen LogP contribution in [-0.2, 0) is 10.5 Å². The van der Waals surface area contributed by atoms with Crippen LogP contribution in [0.25, 0.3) is 0 Å². The third-order valence-electron chi connectivity index (χ3n) is 3.13. The summed E-state index contributed by atoms with van der Waals surface area (Å²) in [4.78, 5) is 24.5. The van der Waals surface area contributed by atoms with E-state index in [9.17, 15) is 24.2 Å². The van der Waals surface area contributed by atoms with Crippen molar-refractivity contribution in [3.63, 3.8) is 0 Å². The van der Waals surface area contributed by atoms with Gasteiger partial charge in [0.25, 0.3) is 5.56 Å². The highest BCUT2D eigenvalue weighted by Gasteiger charge is 2.56. The molecule has 4 atom stereocenters. The number of halogens is 1. The van der Waals surface area contributed by atoms with Crippen molar-refractivity contribution in [1.29, 1.82) is 0 Å². The lowest BCUT2D eigenvalue weighted by molar-refractivity contribution is -0.160. The molecule has 0 spiro atoms. The third-order valence-corrected chi connectivity index (χ3v) is 3.13. The molecule has 1 aromatic heterocycles. The van der Waals surface area contributed by atoms with E-state index >= 15 is 0 Å². The maximum Gasteiger partial charge on any atom is 0.330 e. The highest BCUT2D eigenvalue weighted by molar-refractivity contribution is 5.01. The second kappa shape index (κ2) is 4.85. The van der Waals surface area contributed by atoms with Gasteiger partial charge in [0.2, 0.25) is 5.72 Å². The first-order valence-electron chi connectivity index (χ1n) is 5.49. The molecule has 1 aromatic rings. The molecule has 1 aliphatic rings. The van der Waals surface area contributed by atoms with Crippen molar-refractivity contribution in [3.8, 4) is 0 Å². The molecule has 2 heterocycles. The highest BCUT2D eigenvalue weighted by atomic mass is 19.1. The molecular weight excluding hydrogens is 263 g/mol. The molecule has 0 unspecified atom stereocenters. The fourth-order valence-electron chi connectivity index (χ4n) is 2.11. The Balaban J connectivity index is 2.55. The molecule has 0 bridgehead atoms. The Kier molecular flexibility index (Phi) is 3.54. The predicted octanol–water partition coefficient (Wildman–Crippen LogP) is -2.73. The molecule has 1 saturated heterocycles. The lowest BCUT2D eigenvalue weighted by atomic mass is 10.0. The van der Waals surface area contributed by atoms with Crippen molar-refractivity contribution in [2.45, 2.75) is 24.0 Å². The summed E-state index contributed by atoms with van der Waals surface area (Å²) in [7, 11) is 0. The van der Waals surface area contributed by atoms with Crippen molar-refractivity contribution < 1.29 is 24.4 Å². The van der Waals surface area contributed by atoms with E-state index in [1.54, 1.807) is 0 Å². The van der Waals surface area contributed by atoms with Crippen LogP contribution in [0.1, 0.15) is 0 Å². The van der Waals surface area contributed by atoms with E-state index in [0.717, 1.165) is 12.3 Å². The molecule has 4 N–H and O–H groups in total. The number of hydrogen-bond donors (Lipinski definition) is 4. The second-order valence-corrected chi connectivity index (χ2v) is 4.23. The van der Waals surface area contributed by atoms with Crippen molar-refractivity contribution in [2.24, 2.45) is 0 Å². The Morgan fingerprint density at radius 2 is 2.16 bits per heavy atom. The van der Waals surface area contributed by atoms with Crippen molar-refractivity contribution >= 4 is 0 Å². The minimum Gasteiger partial charge on any atom is -0.394 e. The van der Waals surface area contributed by atoms with Gasteiger partial charge in [-0.05, 0) is 0 Å². The van der Waals surface area contributed by atoms with Crippen LogP contribution in [-0.4, -0.2) is 56.5 Å². The van der Waals surface area contributed by atoms with Crippen LogP contribution in [0.3, 0.4) is 0 Å². The van der Waals surface area contributed by atoms with E-state index in [-0.39, 0.29) is 0 Å². The van der Waals surface area contributed by atoms with Gasteiger partial charge in [0.15, 0.2) is 0 Å². The Hall–Kier alpha value is -1.55. The van der Waals surface area contributed by atoms with Crippen LogP contribution >= 0.6 is 0 Å². The van der Waals surface area contributed by atoms with Gasteiger partial charge in [-0.2, -0.15) is 0 Å². The normalized spacial score (nSPS) is 34.6. The second-order valence-electron chi connectivity index (χ2n) is 4.23. The van der Waals surface area contributed by atoms with Gasteiger partial charge in [0, 0.05) is 12.3 Å². The average molecular weight is 276 g/mol. The molecule has 9 heteroatoms. The number of alkyl halides is 1. The lowest BCUT2D eigenvalue weighted by Crippen LogP contribution is -2.53. The van der Waals surface area contributed by atoms with Gasteiger partial charge >= 0.3 is 5.69 Å². The summed E-state index contributed by atoms with van der Waals surface area (Å²) >= 11 is 0. The number of ether oxygens (including phenoxy) is 1. The van der Waals surface area contributed by atoms with Crippen LogP contribution in [0.4, 0.5) is 4.39 Å². The van der Waals surface area contributed by atoms with Crippen molar-refractivity contribution in [3.05, 3.63) is 33.1 Å². The number of aromatic amines is 1. The summed E-state index contributed by atoms with van der Waals surface area (Å²) in [5.41, 5.74) is -3.86. The van der Waals surface area contributed by atoms with Crippen LogP contribution in [0.2, 0.25) is 0 Å². The monoisotopic (exact) mass is 276 g/mol. The zero-order chi connectivity index (χ0) is 14.2.